The van der Waals surface area contributed by atoms with Gasteiger partial charge in [0.2, 0.25) is 0 Å². The zero-order chi connectivity index (χ0) is 29.9. The standard InChI is InChI=1S/C34H29Cl2IN2O4/c35-25-5-2-23(28(36)14-25)18-43-30-8-1-19(13-29(30)37)12-27-31(40)38-33(42)39(32(27)41)26-6-3-24(4-7-26)34-15-20-9-21(16-34)11-22(10-20)17-34/h1-8,12-14,20-22H,9-11,15-18H2,(H,38,40,42)/b27-12+. The molecule has 0 radical (unpaired) electrons. The van der Waals surface area contributed by atoms with Crippen LogP contribution in [0.4, 0.5) is 10.5 Å². The first-order valence-electron chi connectivity index (χ1n) is 14.6. The Hall–Kier alpha value is -2.88. The molecule has 5 fully saturated rings. The second kappa shape index (κ2) is 11.2. The van der Waals surface area contributed by atoms with E-state index in [0.29, 0.717) is 27.0 Å². The number of hydrogen-bond donors (Lipinski definition) is 1. The van der Waals surface area contributed by atoms with Gasteiger partial charge in [-0.1, -0.05) is 47.5 Å². The average molecular weight is 727 g/mol. The van der Waals surface area contributed by atoms with Crippen LogP contribution in [0.15, 0.2) is 66.2 Å². The van der Waals surface area contributed by atoms with Crippen molar-refractivity contribution in [3.8, 4) is 5.75 Å². The number of hydrogen-bond acceptors (Lipinski definition) is 4. The van der Waals surface area contributed by atoms with Crippen LogP contribution in [0.2, 0.25) is 10.0 Å². The Bertz CT molecular complexity index is 1650. The van der Waals surface area contributed by atoms with Crippen molar-refractivity contribution < 1.29 is 19.1 Å². The normalized spacial score (nSPS) is 27.1. The molecule has 3 aromatic rings. The minimum atomic E-state index is -0.742. The highest BCUT2D eigenvalue weighted by Crippen LogP contribution is 2.60. The number of urea groups is 1. The van der Waals surface area contributed by atoms with E-state index >= 15 is 0 Å². The Morgan fingerprint density at radius 1 is 0.907 bits per heavy atom. The number of halogens is 3. The molecular weight excluding hydrogens is 698 g/mol. The largest absolute Gasteiger partial charge is 0.488 e. The van der Waals surface area contributed by atoms with Gasteiger partial charge in [-0.25, -0.2) is 9.69 Å². The summed E-state index contributed by atoms with van der Waals surface area (Å²) < 4.78 is 6.74. The molecule has 0 unspecified atom stereocenters. The summed E-state index contributed by atoms with van der Waals surface area (Å²) in [6, 6.07) is 17.7. The molecule has 5 aliphatic rings. The molecule has 9 heteroatoms. The summed E-state index contributed by atoms with van der Waals surface area (Å²) in [5.74, 6) is 1.73. The Balaban J connectivity index is 1.09. The van der Waals surface area contributed by atoms with Gasteiger partial charge in [0.25, 0.3) is 11.8 Å². The smallest absolute Gasteiger partial charge is 0.335 e. The molecule has 4 amide bonds. The Morgan fingerprint density at radius 2 is 1.58 bits per heavy atom. The number of carbonyl (C=O) groups excluding carboxylic acids is 3. The van der Waals surface area contributed by atoms with Crippen LogP contribution in [-0.2, 0) is 21.6 Å². The molecule has 8 rings (SSSR count). The van der Waals surface area contributed by atoms with Gasteiger partial charge in [0.1, 0.15) is 17.9 Å². The van der Waals surface area contributed by atoms with Crippen LogP contribution in [0.1, 0.15) is 55.2 Å². The molecule has 4 aliphatic carbocycles. The fraction of sp³-hybridized carbons (Fsp3) is 0.324. The molecule has 3 aromatic carbocycles. The SMILES string of the molecule is O=C1NC(=O)N(c2ccc(C34CC5CC(CC(C5)C3)C4)cc2)C(=O)/C1=C/c1ccc(OCc2ccc(Cl)cc2Cl)c(I)c1. The minimum Gasteiger partial charge on any atom is -0.488 e. The molecule has 4 saturated carbocycles. The summed E-state index contributed by atoms with van der Waals surface area (Å²) in [5, 5.41) is 3.41. The van der Waals surface area contributed by atoms with E-state index in [0.717, 1.165) is 31.8 Å². The van der Waals surface area contributed by atoms with Crippen LogP contribution in [-0.4, -0.2) is 17.8 Å². The Morgan fingerprint density at radius 3 is 2.21 bits per heavy atom. The maximum absolute atomic E-state index is 13.6. The minimum absolute atomic E-state index is 0.109. The highest BCUT2D eigenvalue weighted by Gasteiger charge is 2.51. The fourth-order valence-electron chi connectivity index (χ4n) is 8.01. The zero-order valence-corrected chi connectivity index (χ0v) is 26.9. The van der Waals surface area contributed by atoms with Crippen LogP contribution in [0.25, 0.3) is 6.08 Å². The summed E-state index contributed by atoms with van der Waals surface area (Å²) in [6.45, 7) is 0.256. The number of anilines is 1. The third kappa shape index (κ3) is 5.49. The van der Waals surface area contributed by atoms with Crippen LogP contribution in [0, 0.1) is 21.3 Å². The van der Waals surface area contributed by atoms with E-state index < -0.39 is 17.8 Å². The number of nitrogens with one attached hydrogen (secondary N) is 1. The van der Waals surface area contributed by atoms with E-state index in [2.05, 4.69) is 40.0 Å². The molecule has 1 heterocycles. The lowest BCUT2D eigenvalue weighted by Gasteiger charge is -2.57. The van der Waals surface area contributed by atoms with E-state index in [-0.39, 0.29) is 17.6 Å². The molecule has 43 heavy (non-hydrogen) atoms. The second-order valence-electron chi connectivity index (χ2n) is 12.4. The number of rotatable bonds is 6. The molecule has 1 N–H and O–H groups in total. The van der Waals surface area contributed by atoms with Gasteiger partial charge in [0.15, 0.2) is 0 Å². The van der Waals surface area contributed by atoms with Crippen LogP contribution >= 0.6 is 45.8 Å². The highest BCUT2D eigenvalue weighted by molar-refractivity contribution is 14.1. The monoisotopic (exact) mass is 726 g/mol. The molecule has 0 atom stereocenters. The molecule has 1 saturated heterocycles. The van der Waals surface area contributed by atoms with Gasteiger partial charge in [-0.2, -0.15) is 0 Å². The average Bonchev–Trinajstić information content (AvgIpc) is 2.95. The Labute approximate surface area is 273 Å². The van der Waals surface area contributed by atoms with Crippen molar-refractivity contribution >= 4 is 75.4 Å². The van der Waals surface area contributed by atoms with Gasteiger partial charge in [-0.05, 0) is 138 Å². The first-order valence-corrected chi connectivity index (χ1v) is 16.4. The van der Waals surface area contributed by atoms with Gasteiger partial charge in [-0.3, -0.25) is 14.9 Å². The van der Waals surface area contributed by atoms with Crippen molar-refractivity contribution in [2.45, 2.75) is 50.5 Å². The third-order valence-corrected chi connectivity index (χ3v) is 11.0. The second-order valence-corrected chi connectivity index (χ2v) is 14.4. The number of imide groups is 2. The van der Waals surface area contributed by atoms with Gasteiger partial charge < -0.3 is 4.74 Å². The first-order chi connectivity index (χ1) is 20.7. The van der Waals surface area contributed by atoms with E-state index in [1.165, 1.54) is 50.2 Å². The highest BCUT2D eigenvalue weighted by atomic mass is 127. The maximum Gasteiger partial charge on any atom is 0.335 e. The summed E-state index contributed by atoms with van der Waals surface area (Å²) in [5.41, 5.74) is 3.30. The van der Waals surface area contributed by atoms with Gasteiger partial charge in [-0.15, -0.1) is 0 Å². The van der Waals surface area contributed by atoms with E-state index in [1.54, 1.807) is 24.3 Å². The third-order valence-electron chi connectivity index (χ3n) is 9.54. The molecule has 220 valence electrons. The summed E-state index contributed by atoms with van der Waals surface area (Å²) in [4.78, 5) is 40.2. The van der Waals surface area contributed by atoms with Crippen molar-refractivity contribution in [2.75, 3.05) is 4.90 Å². The quantitative estimate of drug-likeness (QED) is 0.158. The topological polar surface area (TPSA) is 75.7 Å². The van der Waals surface area contributed by atoms with E-state index in [1.807, 2.05) is 24.3 Å². The Kier molecular flexibility index (Phi) is 7.54. The van der Waals surface area contributed by atoms with E-state index in [9.17, 15) is 14.4 Å². The van der Waals surface area contributed by atoms with E-state index in [4.69, 9.17) is 27.9 Å². The fourth-order valence-corrected chi connectivity index (χ4v) is 9.16. The number of ether oxygens (including phenoxy) is 1. The van der Waals surface area contributed by atoms with Crippen LogP contribution < -0.4 is 15.0 Å². The molecule has 4 bridgehead atoms. The van der Waals surface area contributed by atoms with Gasteiger partial charge in [0, 0.05) is 15.6 Å². The number of amides is 4. The van der Waals surface area contributed by atoms with Crippen molar-refractivity contribution in [1.82, 2.24) is 5.32 Å². The summed E-state index contributed by atoms with van der Waals surface area (Å²) in [6.07, 6.45) is 9.33. The molecular formula is C34H29Cl2IN2O4. The number of carbonyl (C=O) groups is 3. The molecule has 0 spiro atoms. The number of benzene rings is 3. The lowest BCUT2D eigenvalue weighted by molar-refractivity contribution is -0.122. The van der Waals surface area contributed by atoms with Crippen molar-refractivity contribution in [2.24, 2.45) is 17.8 Å². The number of nitrogens with zero attached hydrogens (tertiary/aromatic N) is 1. The lowest BCUT2D eigenvalue weighted by atomic mass is 9.48. The molecule has 0 aromatic heterocycles. The number of barbiturate groups is 1. The summed E-state index contributed by atoms with van der Waals surface area (Å²) >= 11 is 14.4. The molecule has 6 nitrogen and oxygen atoms in total. The first kappa shape index (κ1) is 28.9. The van der Waals surface area contributed by atoms with Crippen molar-refractivity contribution in [3.63, 3.8) is 0 Å². The molecule has 1 aliphatic heterocycles. The predicted molar refractivity (Wildman–Crippen MR) is 175 cm³/mol. The summed E-state index contributed by atoms with van der Waals surface area (Å²) in [7, 11) is 0. The maximum atomic E-state index is 13.6. The predicted octanol–water partition coefficient (Wildman–Crippen LogP) is 8.31. The van der Waals surface area contributed by atoms with Crippen molar-refractivity contribution in [1.29, 1.82) is 0 Å². The van der Waals surface area contributed by atoms with Gasteiger partial charge >= 0.3 is 6.03 Å². The zero-order valence-electron chi connectivity index (χ0n) is 23.2. The van der Waals surface area contributed by atoms with Gasteiger partial charge in [0.05, 0.1) is 9.26 Å². The lowest BCUT2D eigenvalue weighted by Crippen LogP contribution is -2.54. The van der Waals surface area contributed by atoms with Crippen molar-refractivity contribution in [3.05, 3.63) is 96.5 Å². The van der Waals surface area contributed by atoms with Crippen LogP contribution in [0.3, 0.4) is 0 Å². The van der Waals surface area contributed by atoms with Crippen LogP contribution in [0.5, 0.6) is 5.75 Å².